The first-order valence-electron chi connectivity index (χ1n) is 11.1. The van der Waals surface area contributed by atoms with Gasteiger partial charge in [-0.2, -0.15) is 0 Å². The number of hydrogen-bond acceptors (Lipinski definition) is 2. The van der Waals surface area contributed by atoms with E-state index in [0.29, 0.717) is 11.3 Å². The zero-order chi connectivity index (χ0) is 19.9. The van der Waals surface area contributed by atoms with Crippen molar-refractivity contribution < 1.29 is 0 Å². The van der Waals surface area contributed by atoms with Crippen LogP contribution in [-0.4, -0.2) is 9.55 Å². The molecule has 0 bridgehead atoms. The summed E-state index contributed by atoms with van der Waals surface area (Å²) in [4.78, 5) is 18.0. The molecule has 1 heterocycles. The summed E-state index contributed by atoms with van der Waals surface area (Å²) in [5.41, 5.74) is 4.98. The highest BCUT2D eigenvalue weighted by molar-refractivity contribution is 5.45. The molecule has 1 atom stereocenters. The van der Waals surface area contributed by atoms with E-state index >= 15 is 0 Å². The molecule has 2 fully saturated rings. The normalized spacial score (nSPS) is 27.4. The minimum atomic E-state index is 0.0591. The van der Waals surface area contributed by atoms with Crippen LogP contribution in [0, 0.1) is 32.1 Å². The van der Waals surface area contributed by atoms with Crippen LogP contribution in [0.1, 0.15) is 86.9 Å². The third kappa shape index (κ3) is 3.23. The average molecular weight is 379 g/mol. The van der Waals surface area contributed by atoms with E-state index in [1.165, 1.54) is 56.9 Å². The summed E-state index contributed by atoms with van der Waals surface area (Å²) in [6, 6.07) is 7.94. The first kappa shape index (κ1) is 19.4. The molecule has 1 spiro atoms. The monoisotopic (exact) mass is 378 g/mol. The highest BCUT2D eigenvalue weighted by Crippen LogP contribution is 2.56. The molecule has 28 heavy (non-hydrogen) atoms. The number of benzene rings is 1. The van der Waals surface area contributed by atoms with Gasteiger partial charge in [-0.1, -0.05) is 31.9 Å². The Morgan fingerprint density at radius 2 is 1.86 bits per heavy atom. The highest BCUT2D eigenvalue weighted by Gasteiger charge is 2.44. The Morgan fingerprint density at radius 1 is 1.11 bits per heavy atom. The van der Waals surface area contributed by atoms with E-state index in [1.54, 1.807) is 4.57 Å². The molecule has 0 amide bonds. The van der Waals surface area contributed by atoms with E-state index in [1.807, 2.05) is 25.1 Å². The molecule has 0 N–H and O–H groups in total. The van der Waals surface area contributed by atoms with E-state index in [2.05, 4.69) is 26.8 Å². The second kappa shape index (κ2) is 7.50. The summed E-state index contributed by atoms with van der Waals surface area (Å²) < 4.78 is 1.78. The summed E-state index contributed by atoms with van der Waals surface area (Å²) in [6.45, 7) is 8.50. The first-order valence-corrected chi connectivity index (χ1v) is 11.1. The maximum Gasteiger partial charge on any atom is 0.258 e. The van der Waals surface area contributed by atoms with Crippen LogP contribution in [0.5, 0.6) is 0 Å². The number of rotatable bonds is 3. The van der Waals surface area contributed by atoms with Gasteiger partial charge in [0.1, 0.15) is 5.82 Å². The van der Waals surface area contributed by atoms with E-state index in [-0.39, 0.29) is 5.56 Å². The van der Waals surface area contributed by atoms with E-state index in [4.69, 9.17) is 4.98 Å². The average Bonchev–Trinajstić information content (AvgIpc) is 3.07. The Labute approximate surface area is 169 Å². The maximum absolute atomic E-state index is 13.0. The van der Waals surface area contributed by atoms with Crippen LogP contribution < -0.4 is 5.56 Å². The standard InChI is InChI=1S/C25H34N2O/c1-5-21-9-7-13-25(21)14-11-20(12-15-25)22-16-24(28)27(19(4)26-22)23-10-6-8-17(2)18(23)3/h6,8,10,16,20-21H,5,7,9,11-15H2,1-4H3. The smallest absolute Gasteiger partial charge is 0.258 e. The Bertz CT molecular complexity index is 919. The lowest BCUT2D eigenvalue weighted by Crippen LogP contribution is -2.31. The molecule has 0 radical (unpaired) electrons. The molecule has 2 aliphatic carbocycles. The van der Waals surface area contributed by atoms with Gasteiger partial charge in [0.15, 0.2) is 0 Å². The highest BCUT2D eigenvalue weighted by atomic mass is 16.1. The molecule has 1 aromatic carbocycles. The molecule has 1 unspecified atom stereocenters. The summed E-state index contributed by atoms with van der Waals surface area (Å²) in [5, 5.41) is 0. The molecule has 2 aliphatic rings. The van der Waals surface area contributed by atoms with Gasteiger partial charge in [0.25, 0.3) is 5.56 Å². The Hall–Kier alpha value is -1.90. The van der Waals surface area contributed by atoms with Crippen LogP contribution in [0.4, 0.5) is 0 Å². The Kier molecular flexibility index (Phi) is 5.20. The van der Waals surface area contributed by atoms with Gasteiger partial charge in [-0.25, -0.2) is 4.98 Å². The van der Waals surface area contributed by atoms with E-state index < -0.39 is 0 Å². The van der Waals surface area contributed by atoms with Crippen molar-refractivity contribution >= 4 is 0 Å². The molecule has 3 heteroatoms. The number of hydrogen-bond donors (Lipinski definition) is 0. The number of aryl methyl sites for hydroxylation is 2. The molecule has 150 valence electrons. The van der Waals surface area contributed by atoms with Crippen LogP contribution in [-0.2, 0) is 0 Å². The first-order chi connectivity index (χ1) is 13.4. The van der Waals surface area contributed by atoms with Crippen molar-refractivity contribution in [3.63, 3.8) is 0 Å². The fraction of sp³-hybridized carbons (Fsp3) is 0.600. The van der Waals surface area contributed by atoms with Crippen molar-refractivity contribution in [1.82, 2.24) is 9.55 Å². The molecule has 0 aliphatic heterocycles. The second-order valence-corrected chi connectivity index (χ2v) is 9.25. The SMILES string of the molecule is CCC1CCCC12CCC(c1cc(=O)n(-c3cccc(C)c3C)c(C)n1)CC2. The molecule has 2 aromatic rings. The zero-order valence-corrected chi connectivity index (χ0v) is 17.9. The fourth-order valence-electron chi connectivity index (χ4n) is 6.09. The van der Waals surface area contributed by atoms with Crippen LogP contribution in [0.3, 0.4) is 0 Å². The quantitative estimate of drug-likeness (QED) is 0.655. The predicted octanol–water partition coefficient (Wildman–Crippen LogP) is 6.01. The zero-order valence-electron chi connectivity index (χ0n) is 17.9. The van der Waals surface area contributed by atoms with Gasteiger partial charge in [-0.3, -0.25) is 9.36 Å². The second-order valence-electron chi connectivity index (χ2n) is 9.25. The Morgan fingerprint density at radius 3 is 2.54 bits per heavy atom. The van der Waals surface area contributed by atoms with Crippen LogP contribution in [0.25, 0.3) is 5.69 Å². The van der Waals surface area contributed by atoms with Gasteiger partial charge in [0.05, 0.1) is 11.4 Å². The van der Waals surface area contributed by atoms with Crippen molar-refractivity contribution in [3.8, 4) is 5.69 Å². The maximum atomic E-state index is 13.0. The van der Waals surface area contributed by atoms with Crippen molar-refractivity contribution in [2.45, 2.75) is 85.0 Å². The minimum Gasteiger partial charge on any atom is -0.269 e. The molecule has 1 aromatic heterocycles. The molecule has 0 saturated heterocycles. The fourth-order valence-corrected chi connectivity index (χ4v) is 6.09. The number of aromatic nitrogens is 2. The van der Waals surface area contributed by atoms with E-state index in [0.717, 1.165) is 28.7 Å². The van der Waals surface area contributed by atoms with Crippen LogP contribution >= 0.6 is 0 Å². The van der Waals surface area contributed by atoms with Gasteiger partial charge < -0.3 is 0 Å². The van der Waals surface area contributed by atoms with Crippen LogP contribution in [0.2, 0.25) is 0 Å². The van der Waals surface area contributed by atoms with Gasteiger partial charge in [0, 0.05) is 12.0 Å². The predicted molar refractivity (Wildman–Crippen MR) is 115 cm³/mol. The lowest BCUT2D eigenvalue weighted by molar-refractivity contribution is 0.113. The molecular formula is C25H34N2O. The lowest BCUT2D eigenvalue weighted by Gasteiger charge is -2.41. The minimum absolute atomic E-state index is 0.0591. The summed E-state index contributed by atoms with van der Waals surface area (Å²) >= 11 is 0. The largest absolute Gasteiger partial charge is 0.269 e. The van der Waals surface area contributed by atoms with Crippen molar-refractivity contribution in [3.05, 3.63) is 57.3 Å². The van der Waals surface area contributed by atoms with E-state index in [9.17, 15) is 4.79 Å². The van der Waals surface area contributed by atoms with Gasteiger partial charge in [-0.15, -0.1) is 0 Å². The lowest BCUT2D eigenvalue weighted by atomic mass is 9.64. The molecule has 3 nitrogen and oxygen atoms in total. The molecule has 4 rings (SSSR count). The van der Waals surface area contributed by atoms with Crippen molar-refractivity contribution in [1.29, 1.82) is 0 Å². The summed E-state index contributed by atoms with van der Waals surface area (Å²) in [6.07, 6.45) is 10.6. The van der Waals surface area contributed by atoms with Gasteiger partial charge in [0.2, 0.25) is 0 Å². The van der Waals surface area contributed by atoms with Gasteiger partial charge >= 0.3 is 0 Å². The molecular weight excluding hydrogens is 344 g/mol. The topological polar surface area (TPSA) is 34.9 Å². The van der Waals surface area contributed by atoms with Crippen LogP contribution in [0.15, 0.2) is 29.1 Å². The van der Waals surface area contributed by atoms with Gasteiger partial charge in [-0.05, 0) is 87.8 Å². The van der Waals surface area contributed by atoms with Crippen molar-refractivity contribution in [2.75, 3.05) is 0 Å². The Balaban J connectivity index is 1.60. The third-order valence-electron chi connectivity index (χ3n) is 7.91. The third-order valence-corrected chi connectivity index (χ3v) is 7.91. The summed E-state index contributed by atoms with van der Waals surface area (Å²) in [7, 11) is 0. The number of nitrogens with zero attached hydrogens (tertiary/aromatic N) is 2. The molecule has 2 saturated carbocycles. The van der Waals surface area contributed by atoms with Crippen molar-refractivity contribution in [2.24, 2.45) is 11.3 Å². The summed E-state index contributed by atoms with van der Waals surface area (Å²) in [5.74, 6) is 2.17.